The van der Waals surface area contributed by atoms with Crippen molar-refractivity contribution in [1.82, 2.24) is 4.98 Å². The fourth-order valence-corrected chi connectivity index (χ4v) is 1.81. The second kappa shape index (κ2) is 7.00. The largest absolute Gasteiger partial charge is 0.264 e. The summed E-state index contributed by atoms with van der Waals surface area (Å²) in [7, 11) is 0. The number of rotatable bonds is 6. The molecule has 1 aromatic heterocycles. The molecule has 0 saturated heterocycles. The smallest absolute Gasteiger partial charge is 0.0998 e. The molecule has 0 atom stereocenters. The summed E-state index contributed by atoms with van der Waals surface area (Å²) in [5, 5.41) is 9.22. The normalized spacial score (nSPS) is 10.1. The standard InChI is InChI=1S/C14H20N2/c1-3-5-7-12-10-16-11-13(8-6-4-2)14(12)9-15/h10-11H,3-8H2,1-2H3. The second-order valence-corrected chi connectivity index (χ2v) is 4.15. The Morgan fingerprint density at radius 1 is 1.06 bits per heavy atom. The third-order valence-electron chi connectivity index (χ3n) is 2.81. The van der Waals surface area contributed by atoms with Gasteiger partial charge < -0.3 is 0 Å². The van der Waals surface area contributed by atoms with Gasteiger partial charge >= 0.3 is 0 Å². The maximum atomic E-state index is 9.22. The molecule has 2 nitrogen and oxygen atoms in total. The van der Waals surface area contributed by atoms with Crippen LogP contribution in [0.15, 0.2) is 12.4 Å². The number of hydrogen-bond donors (Lipinski definition) is 0. The van der Waals surface area contributed by atoms with Gasteiger partial charge in [0.15, 0.2) is 0 Å². The van der Waals surface area contributed by atoms with Crippen LogP contribution in [0.25, 0.3) is 0 Å². The zero-order valence-corrected chi connectivity index (χ0v) is 10.3. The molecule has 1 rings (SSSR count). The maximum absolute atomic E-state index is 9.22. The van der Waals surface area contributed by atoms with E-state index in [9.17, 15) is 5.26 Å². The summed E-state index contributed by atoms with van der Waals surface area (Å²) in [6, 6.07) is 2.34. The third kappa shape index (κ3) is 3.34. The van der Waals surface area contributed by atoms with Crippen LogP contribution in [0, 0.1) is 11.3 Å². The first-order valence-corrected chi connectivity index (χ1v) is 6.19. The van der Waals surface area contributed by atoms with Crippen LogP contribution in [0.1, 0.15) is 56.2 Å². The minimum atomic E-state index is 0.872. The fourth-order valence-electron chi connectivity index (χ4n) is 1.81. The molecule has 0 fully saturated rings. The monoisotopic (exact) mass is 216 g/mol. The van der Waals surface area contributed by atoms with Crippen molar-refractivity contribution in [3.05, 3.63) is 29.1 Å². The van der Waals surface area contributed by atoms with Gasteiger partial charge in [-0.3, -0.25) is 4.98 Å². The van der Waals surface area contributed by atoms with Gasteiger partial charge in [-0.05, 0) is 36.8 Å². The quantitative estimate of drug-likeness (QED) is 0.728. The lowest BCUT2D eigenvalue weighted by Gasteiger charge is -2.07. The van der Waals surface area contributed by atoms with Crippen molar-refractivity contribution >= 4 is 0 Å². The summed E-state index contributed by atoms with van der Waals surface area (Å²) < 4.78 is 0. The summed E-state index contributed by atoms with van der Waals surface area (Å²) in [5.74, 6) is 0. The van der Waals surface area contributed by atoms with Crippen molar-refractivity contribution in [2.75, 3.05) is 0 Å². The summed E-state index contributed by atoms with van der Waals surface area (Å²) in [6.07, 6.45) is 10.2. The minimum absolute atomic E-state index is 0.872. The molecule has 0 aliphatic carbocycles. The van der Waals surface area contributed by atoms with E-state index in [1.54, 1.807) is 0 Å². The minimum Gasteiger partial charge on any atom is -0.264 e. The Kier molecular flexibility index (Phi) is 5.56. The van der Waals surface area contributed by atoms with Gasteiger partial charge in [0.1, 0.15) is 0 Å². The molecule has 16 heavy (non-hydrogen) atoms. The molecule has 0 radical (unpaired) electrons. The highest BCUT2D eigenvalue weighted by molar-refractivity contribution is 5.42. The van der Waals surface area contributed by atoms with Crippen LogP contribution in [-0.2, 0) is 12.8 Å². The van der Waals surface area contributed by atoms with Crippen LogP contribution >= 0.6 is 0 Å². The van der Waals surface area contributed by atoms with Gasteiger partial charge in [-0.15, -0.1) is 0 Å². The molecule has 2 heteroatoms. The predicted molar refractivity (Wildman–Crippen MR) is 66.2 cm³/mol. The van der Waals surface area contributed by atoms with E-state index in [-0.39, 0.29) is 0 Å². The number of pyridine rings is 1. The first-order chi connectivity index (χ1) is 7.83. The molecule has 0 aliphatic rings. The molecule has 0 amide bonds. The molecule has 0 unspecified atom stereocenters. The molecule has 86 valence electrons. The van der Waals surface area contributed by atoms with Crippen LogP contribution in [0.4, 0.5) is 0 Å². The SMILES string of the molecule is CCCCc1cncc(CCCC)c1C#N. The highest BCUT2D eigenvalue weighted by atomic mass is 14.6. The van der Waals surface area contributed by atoms with Crippen LogP contribution in [0.2, 0.25) is 0 Å². The second-order valence-electron chi connectivity index (χ2n) is 4.15. The van der Waals surface area contributed by atoms with E-state index in [4.69, 9.17) is 0 Å². The molecule has 0 N–H and O–H groups in total. The fraction of sp³-hybridized carbons (Fsp3) is 0.571. The summed E-state index contributed by atoms with van der Waals surface area (Å²) in [5.41, 5.74) is 3.12. The van der Waals surface area contributed by atoms with Crippen LogP contribution in [0.3, 0.4) is 0 Å². The average molecular weight is 216 g/mol. The maximum Gasteiger partial charge on any atom is 0.0998 e. The van der Waals surface area contributed by atoms with Crippen molar-refractivity contribution in [3.8, 4) is 6.07 Å². The Bertz CT molecular complexity index is 337. The van der Waals surface area contributed by atoms with Gasteiger partial charge in [-0.2, -0.15) is 5.26 Å². The van der Waals surface area contributed by atoms with Gasteiger partial charge in [0.25, 0.3) is 0 Å². The van der Waals surface area contributed by atoms with E-state index >= 15 is 0 Å². The Labute approximate surface area is 98.3 Å². The Balaban J connectivity index is 2.88. The highest BCUT2D eigenvalue weighted by Gasteiger charge is 2.07. The molecule has 1 aromatic rings. The molecule has 0 aliphatic heterocycles. The average Bonchev–Trinajstić information content (AvgIpc) is 2.33. The zero-order valence-electron chi connectivity index (χ0n) is 10.3. The van der Waals surface area contributed by atoms with Gasteiger partial charge in [0, 0.05) is 12.4 Å². The first-order valence-electron chi connectivity index (χ1n) is 6.19. The van der Waals surface area contributed by atoms with Gasteiger partial charge in [0.2, 0.25) is 0 Å². The summed E-state index contributed by atoms with van der Waals surface area (Å²) in [6.45, 7) is 4.33. The van der Waals surface area contributed by atoms with Gasteiger partial charge in [-0.1, -0.05) is 26.7 Å². The number of nitriles is 1. The zero-order chi connectivity index (χ0) is 11.8. The highest BCUT2D eigenvalue weighted by Crippen LogP contribution is 2.16. The topological polar surface area (TPSA) is 36.7 Å². The number of aryl methyl sites for hydroxylation is 2. The van der Waals surface area contributed by atoms with Crippen molar-refractivity contribution < 1.29 is 0 Å². The van der Waals surface area contributed by atoms with Crippen LogP contribution in [0.5, 0.6) is 0 Å². The van der Waals surface area contributed by atoms with E-state index in [2.05, 4.69) is 24.9 Å². The Hall–Kier alpha value is -1.36. The molecular weight excluding hydrogens is 196 g/mol. The van der Waals surface area contributed by atoms with Crippen molar-refractivity contribution in [2.24, 2.45) is 0 Å². The van der Waals surface area contributed by atoms with E-state index in [0.717, 1.165) is 55.2 Å². The van der Waals surface area contributed by atoms with Crippen molar-refractivity contribution in [1.29, 1.82) is 5.26 Å². The van der Waals surface area contributed by atoms with Crippen molar-refractivity contribution in [3.63, 3.8) is 0 Å². The lowest BCUT2D eigenvalue weighted by atomic mass is 9.98. The molecule has 0 spiro atoms. The van der Waals surface area contributed by atoms with Crippen LogP contribution < -0.4 is 0 Å². The van der Waals surface area contributed by atoms with E-state index in [1.165, 1.54) is 0 Å². The van der Waals surface area contributed by atoms with E-state index < -0.39 is 0 Å². The molecule has 0 aromatic carbocycles. The predicted octanol–water partition coefficient (Wildman–Crippen LogP) is 3.64. The number of hydrogen-bond acceptors (Lipinski definition) is 2. The number of nitrogens with zero attached hydrogens (tertiary/aromatic N) is 2. The van der Waals surface area contributed by atoms with Crippen LogP contribution in [-0.4, -0.2) is 4.98 Å². The summed E-state index contributed by atoms with van der Waals surface area (Å²) in [4.78, 5) is 4.25. The number of aromatic nitrogens is 1. The Morgan fingerprint density at radius 3 is 1.94 bits per heavy atom. The molecular formula is C14H20N2. The lowest BCUT2D eigenvalue weighted by molar-refractivity contribution is 0.771. The van der Waals surface area contributed by atoms with E-state index in [0.29, 0.717) is 0 Å². The summed E-state index contributed by atoms with van der Waals surface area (Å²) >= 11 is 0. The Morgan fingerprint density at radius 2 is 1.56 bits per heavy atom. The van der Waals surface area contributed by atoms with E-state index in [1.807, 2.05) is 12.4 Å². The molecule has 0 saturated carbocycles. The number of unbranched alkanes of at least 4 members (excludes halogenated alkanes) is 2. The lowest BCUT2D eigenvalue weighted by Crippen LogP contribution is -1.99. The molecule has 1 heterocycles. The van der Waals surface area contributed by atoms with Gasteiger partial charge in [-0.25, -0.2) is 0 Å². The first kappa shape index (κ1) is 12.7. The van der Waals surface area contributed by atoms with Crippen molar-refractivity contribution in [2.45, 2.75) is 52.4 Å². The third-order valence-corrected chi connectivity index (χ3v) is 2.81. The van der Waals surface area contributed by atoms with Gasteiger partial charge in [0.05, 0.1) is 11.6 Å². The molecule has 0 bridgehead atoms.